The van der Waals surface area contributed by atoms with Crippen LogP contribution in [0.2, 0.25) is 5.02 Å². The normalized spacial score (nSPS) is 16.4. The van der Waals surface area contributed by atoms with E-state index in [1.807, 2.05) is 0 Å². The third kappa shape index (κ3) is 3.94. The van der Waals surface area contributed by atoms with Crippen molar-refractivity contribution in [2.45, 2.75) is 12.5 Å². The molecule has 3 rings (SSSR count). The molecule has 4 N–H and O–H groups in total. The molecule has 0 aromatic heterocycles. The number of halogens is 1. The predicted molar refractivity (Wildman–Crippen MR) is 99.3 cm³/mol. The van der Waals surface area contributed by atoms with Gasteiger partial charge < -0.3 is 21.3 Å². The van der Waals surface area contributed by atoms with Crippen LogP contribution in [0, 0.1) is 0 Å². The average molecular weight is 373 g/mol. The van der Waals surface area contributed by atoms with Crippen LogP contribution < -0.4 is 21.3 Å². The quantitative estimate of drug-likeness (QED) is 0.767. The zero-order valence-corrected chi connectivity index (χ0v) is 14.5. The second-order valence-corrected chi connectivity index (χ2v) is 6.33. The fourth-order valence-electron chi connectivity index (χ4n) is 2.83. The number of nitrogens with one attached hydrogen (secondary N) is 2. The van der Waals surface area contributed by atoms with Gasteiger partial charge in [0.1, 0.15) is 0 Å². The van der Waals surface area contributed by atoms with E-state index in [9.17, 15) is 14.4 Å². The summed E-state index contributed by atoms with van der Waals surface area (Å²) < 4.78 is 0. The molecule has 26 heavy (non-hydrogen) atoms. The van der Waals surface area contributed by atoms with Gasteiger partial charge in [-0.3, -0.25) is 9.59 Å². The summed E-state index contributed by atoms with van der Waals surface area (Å²) in [5.74, 6) is -0.721. The molecule has 1 fully saturated rings. The predicted octanol–water partition coefficient (Wildman–Crippen LogP) is 2.37. The smallest absolute Gasteiger partial charge is 0.319 e. The van der Waals surface area contributed by atoms with E-state index >= 15 is 0 Å². The zero-order chi connectivity index (χ0) is 18.7. The van der Waals surface area contributed by atoms with E-state index in [0.717, 1.165) is 5.69 Å². The third-order valence-corrected chi connectivity index (χ3v) is 4.29. The Morgan fingerprint density at radius 1 is 1.12 bits per heavy atom. The van der Waals surface area contributed by atoms with Crippen molar-refractivity contribution in [2.75, 3.05) is 16.8 Å². The van der Waals surface area contributed by atoms with E-state index in [-0.39, 0.29) is 23.9 Å². The van der Waals surface area contributed by atoms with Crippen LogP contribution in [0.1, 0.15) is 16.8 Å². The summed E-state index contributed by atoms with van der Waals surface area (Å²) in [5.41, 5.74) is 6.55. The van der Waals surface area contributed by atoms with Gasteiger partial charge in [-0.1, -0.05) is 23.7 Å². The summed E-state index contributed by atoms with van der Waals surface area (Å²) >= 11 is 5.86. The van der Waals surface area contributed by atoms with E-state index in [1.54, 1.807) is 47.4 Å². The van der Waals surface area contributed by atoms with Gasteiger partial charge in [-0.15, -0.1) is 0 Å². The number of urea groups is 1. The topological polar surface area (TPSA) is 105 Å². The number of rotatable bonds is 4. The van der Waals surface area contributed by atoms with Crippen molar-refractivity contribution in [3.63, 3.8) is 0 Å². The van der Waals surface area contributed by atoms with Gasteiger partial charge >= 0.3 is 6.03 Å². The Kier molecular flexibility index (Phi) is 5.09. The molecule has 0 bridgehead atoms. The van der Waals surface area contributed by atoms with E-state index in [4.69, 9.17) is 17.3 Å². The largest absolute Gasteiger partial charge is 0.366 e. The van der Waals surface area contributed by atoms with Crippen LogP contribution in [0.3, 0.4) is 0 Å². The molecule has 2 aromatic rings. The van der Waals surface area contributed by atoms with Crippen molar-refractivity contribution in [3.05, 3.63) is 59.1 Å². The number of benzene rings is 2. The lowest BCUT2D eigenvalue weighted by atomic mass is 10.1. The number of nitrogens with zero attached hydrogens (tertiary/aromatic N) is 1. The van der Waals surface area contributed by atoms with Gasteiger partial charge in [0.05, 0.1) is 17.3 Å². The monoisotopic (exact) mass is 372 g/mol. The molecular formula is C18H17ClN4O3. The highest BCUT2D eigenvalue weighted by atomic mass is 35.5. The van der Waals surface area contributed by atoms with Gasteiger partial charge in [0.25, 0.3) is 5.91 Å². The van der Waals surface area contributed by atoms with Gasteiger partial charge in [0.2, 0.25) is 5.91 Å². The number of para-hydroxylation sites is 1. The second-order valence-electron chi connectivity index (χ2n) is 5.89. The van der Waals surface area contributed by atoms with E-state index in [0.29, 0.717) is 17.3 Å². The number of amides is 4. The minimum Gasteiger partial charge on any atom is -0.366 e. The van der Waals surface area contributed by atoms with Crippen LogP contribution in [-0.4, -0.2) is 30.4 Å². The van der Waals surface area contributed by atoms with Crippen molar-refractivity contribution in [1.29, 1.82) is 0 Å². The van der Waals surface area contributed by atoms with Crippen LogP contribution in [0.25, 0.3) is 0 Å². The summed E-state index contributed by atoms with van der Waals surface area (Å²) in [6, 6.07) is 12.5. The highest BCUT2D eigenvalue weighted by molar-refractivity contribution is 6.30. The Hall–Kier alpha value is -3.06. The van der Waals surface area contributed by atoms with Gasteiger partial charge in [-0.05, 0) is 36.4 Å². The summed E-state index contributed by atoms with van der Waals surface area (Å²) in [7, 11) is 0. The van der Waals surface area contributed by atoms with Gasteiger partial charge in [0.15, 0.2) is 0 Å². The fourth-order valence-corrected chi connectivity index (χ4v) is 2.95. The Labute approximate surface area is 155 Å². The first-order valence-corrected chi connectivity index (χ1v) is 8.34. The highest BCUT2D eigenvalue weighted by Crippen LogP contribution is 2.23. The molecule has 1 saturated heterocycles. The summed E-state index contributed by atoms with van der Waals surface area (Å²) in [6.45, 7) is 0.353. The molecular weight excluding hydrogens is 356 g/mol. The molecule has 2 aromatic carbocycles. The van der Waals surface area contributed by atoms with Crippen LogP contribution in [0.5, 0.6) is 0 Å². The van der Waals surface area contributed by atoms with Crippen LogP contribution >= 0.6 is 11.6 Å². The van der Waals surface area contributed by atoms with Crippen molar-refractivity contribution in [1.82, 2.24) is 5.32 Å². The van der Waals surface area contributed by atoms with Crippen LogP contribution in [-0.2, 0) is 4.79 Å². The molecule has 1 aliphatic rings. The third-order valence-electron chi connectivity index (χ3n) is 4.04. The number of hydrogen-bond donors (Lipinski definition) is 3. The second kappa shape index (κ2) is 7.45. The van der Waals surface area contributed by atoms with E-state index in [1.165, 1.54) is 6.07 Å². The molecule has 4 amide bonds. The SMILES string of the molecule is NC(=O)c1ccccc1NC(=O)N[C@H]1CC(=O)N(c2ccc(Cl)cc2)C1. The minimum absolute atomic E-state index is 0.0878. The van der Waals surface area contributed by atoms with E-state index < -0.39 is 11.9 Å². The first-order valence-electron chi connectivity index (χ1n) is 7.96. The molecule has 0 radical (unpaired) electrons. The number of nitrogens with two attached hydrogens (primary N) is 1. The maximum Gasteiger partial charge on any atom is 0.319 e. The van der Waals surface area contributed by atoms with Crippen molar-refractivity contribution >= 4 is 40.8 Å². The molecule has 134 valence electrons. The number of primary amides is 1. The maximum atomic E-state index is 12.2. The fraction of sp³-hybridized carbons (Fsp3) is 0.167. The highest BCUT2D eigenvalue weighted by Gasteiger charge is 2.31. The Morgan fingerprint density at radius 3 is 2.50 bits per heavy atom. The lowest BCUT2D eigenvalue weighted by Gasteiger charge is -2.17. The van der Waals surface area contributed by atoms with Crippen LogP contribution in [0.15, 0.2) is 48.5 Å². The summed E-state index contributed by atoms with van der Waals surface area (Å²) in [5, 5.41) is 5.93. The number of carbonyl (C=O) groups excluding carboxylic acids is 3. The lowest BCUT2D eigenvalue weighted by Crippen LogP contribution is -2.40. The Balaban J connectivity index is 1.63. The molecule has 1 atom stereocenters. The minimum atomic E-state index is -0.633. The maximum absolute atomic E-state index is 12.2. The molecule has 1 heterocycles. The molecule has 1 aliphatic heterocycles. The molecule has 0 spiro atoms. The van der Waals surface area contributed by atoms with Crippen molar-refractivity contribution < 1.29 is 14.4 Å². The summed E-state index contributed by atoms with van der Waals surface area (Å²) in [6.07, 6.45) is 0.188. The van der Waals surface area contributed by atoms with Crippen LogP contribution in [0.4, 0.5) is 16.2 Å². The number of carbonyl (C=O) groups is 3. The van der Waals surface area contributed by atoms with Crippen molar-refractivity contribution in [3.8, 4) is 0 Å². The van der Waals surface area contributed by atoms with Gasteiger partial charge in [-0.2, -0.15) is 0 Å². The first-order chi connectivity index (χ1) is 12.4. The number of anilines is 2. The molecule has 0 unspecified atom stereocenters. The standard InChI is InChI=1S/C18H17ClN4O3/c19-11-5-7-13(8-6-11)23-10-12(9-16(23)24)21-18(26)22-15-4-2-1-3-14(15)17(20)25/h1-8,12H,9-10H2,(H2,20,25)(H2,21,22,26)/t12-/m0/s1. The first kappa shape index (κ1) is 17.8. The lowest BCUT2D eigenvalue weighted by molar-refractivity contribution is -0.117. The molecule has 8 heteroatoms. The van der Waals surface area contributed by atoms with E-state index in [2.05, 4.69) is 10.6 Å². The average Bonchev–Trinajstić information content (AvgIpc) is 2.96. The Morgan fingerprint density at radius 2 is 1.81 bits per heavy atom. The number of hydrogen-bond acceptors (Lipinski definition) is 3. The molecule has 7 nitrogen and oxygen atoms in total. The molecule has 0 aliphatic carbocycles. The Bertz CT molecular complexity index is 854. The molecule has 0 saturated carbocycles. The van der Waals surface area contributed by atoms with Gasteiger partial charge in [-0.25, -0.2) is 4.79 Å². The summed E-state index contributed by atoms with van der Waals surface area (Å²) in [4.78, 5) is 37.4. The zero-order valence-electron chi connectivity index (χ0n) is 13.7. The van der Waals surface area contributed by atoms with Crippen molar-refractivity contribution in [2.24, 2.45) is 5.73 Å². The van der Waals surface area contributed by atoms with Gasteiger partial charge in [0, 0.05) is 23.7 Å².